The summed E-state index contributed by atoms with van der Waals surface area (Å²) >= 11 is 6.28. The first-order valence-corrected chi connectivity index (χ1v) is 9.91. The molecule has 3 nitrogen and oxygen atoms in total. The molecule has 0 fully saturated rings. The van der Waals surface area contributed by atoms with E-state index < -0.39 is 0 Å². The third kappa shape index (κ3) is 5.20. The number of rotatable bonds is 9. The zero-order valence-electron chi connectivity index (χ0n) is 17.0. The summed E-state index contributed by atoms with van der Waals surface area (Å²) in [6.45, 7) is 7.48. The molecular weight excluding hydrogens is 356 g/mol. The molecule has 1 atom stereocenters. The van der Waals surface area contributed by atoms with Gasteiger partial charge in [0.15, 0.2) is 0 Å². The third-order valence-electron chi connectivity index (χ3n) is 5.16. The van der Waals surface area contributed by atoms with Crippen LogP contribution in [0.3, 0.4) is 0 Å². The normalized spacial score (nSPS) is 13.4. The number of benzene rings is 2. The van der Waals surface area contributed by atoms with Gasteiger partial charge in [0.1, 0.15) is 5.75 Å². The molecule has 2 N–H and O–H groups in total. The van der Waals surface area contributed by atoms with Crippen molar-refractivity contribution in [1.82, 2.24) is 0 Å². The molecule has 0 heterocycles. The highest BCUT2D eigenvalue weighted by Gasteiger charge is 2.26. The van der Waals surface area contributed by atoms with Crippen LogP contribution in [0.15, 0.2) is 42.5 Å². The Balaban J connectivity index is 2.26. The van der Waals surface area contributed by atoms with Gasteiger partial charge in [-0.25, -0.2) is 0 Å². The number of ether oxygens (including phenoxy) is 1. The highest BCUT2D eigenvalue weighted by atomic mass is 35.5. The van der Waals surface area contributed by atoms with Gasteiger partial charge in [-0.2, -0.15) is 0 Å². The molecule has 0 saturated carbocycles. The van der Waals surface area contributed by atoms with Crippen molar-refractivity contribution in [2.45, 2.75) is 39.0 Å². The fourth-order valence-corrected chi connectivity index (χ4v) is 3.46. The molecule has 0 bridgehead atoms. The highest BCUT2D eigenvalue weighted by molar-refractivity contribution is 6.30. The summed E-state index contributed by atoms with van der Waals surface area (Å²) in [5.74, 6) is 0.876. The summed E-state index contributed by atoms with van der Waals surface area (Å²) in [5.41, 5.74) is 4.53. The molecule has 27 heavy (non-hydrogen) atoms. The second-order valence-corrected chi connectivity index (χ2v) is 7.38. The van der Waals surface area contributed by atoms with Gasteiger partial charge in [-0.3, -0.25) is 0 Å². The third-order valence-corrected chi connectivity index (χ3v) is 5.40. The van der Waals surface area contributed by atoms with Gasteiger partial charge in [0, 0.05) is 41.6 Å². The minimum Gasteiger partial charge on any atom is -0.496 e. The van der Waals surface area contributed by atoms with E-state index in [9.17, 15) is 0 Å². The number of hydrogen-bond acceptors (Lipinski definition) is 3. The van der Waals surface area contributed by atoms with Crippen LogP contribution in [0.2, 0.25) is 5.02 Å². The lowest BCUT2D eigenvalue weighted by Gasteiger charge is -2.30. The van der Waals surface area contributed by atoms with Gasteiger partial charge >= 0.3 is 0 Å². The van der Waals surface area contributed by atoms with E-state index in [0.29, 0.717) is 0 Å². The van der Waals surface area contributed by atoms with Gasteiger partial charge in [0.2, 0.25) is 0 Å². The number of hydrogen-bond donors (Lipinski definition) is 2. The Hall–Kier alpha value is -2.13. The summed E-state index contributed by atoms with van der Waals surface area (Å²) in [7, 11) is 3.67. The van der Waals surface area contributed by atoms with Gasteiger partial charge in [-0.05, 0) is 61.1 Å². The Labute approximate surface area is 168 Å². The van der Waals surface area contributed by atoms with Crippen molar-refractivity contribution in [1.29, 1.82) is 0 Å². The molecule has 1 unspecified atom stereocenters. The molecule has 146 valence electrons. The summed E-state index contributed by atoms with van der Waals surface area (Å²) < 4.78 is 5.56. The van der Waals surface area contributed by atoms with Crippen LogP contribution >= 0.6 is 11.6 Å². The van der Waals surface area contributed by atoms with E-state index in [2.05, 4.69) is 67.8 Å². The van der Waals surface area contributed by atoms with Crippen LogP contribution in [0.5, 0.6) is 5.75 Å². The molecule has 0 radical (unpaired) electrons. The van der Waals surface area contributed by atoms with Gasteiger partial charge in [0.25, 0.3) is 0 Å². The second-order valence-electron chi connectivity index (χ2n) is 6.95. The molecule has 0 spiro atoms. The van der Waals surface area contributed by atoms with Gasteiger partial charge in [-0.15, -0.1) is 0 Å². The fraction of sp³-hybridized carbons (Fsp3) is 0.391. The van der Waals surface area contributed by atoms with Crippen LogP contribution in [0.25, 0.3) is 6.08 Å². The minimum absolute atomic E-state index is 0.00329. The predicted octanol–water partition coefficient (Wildman–Crippen LogP) is 6.59. The molecule has 0 aliphatic heterocycles. The van der Waals surface area contributed by atoms with Crippen LogP contribution in [-0.2, 0) is 5.41 Å². The molecule has 2 aromatic rings. The van der Waals surface area contributed by atoms with Crippen molar-refractivity contribution < 1.29 is 4.74 Å². The van der Waals surface area contributed by atoms with Crippen LogP contribution in [0.4, 0.5) is 11.4 Å². The lowest BCUT2D eigenvalue weighted by Crippen LogP contribution is -2.21. The molecule has 4 heteroatoms. The van der Waals surface area contributed by atoms with Crippen LogP contribution in [-0.4, -0.2) is 20.7 Å². The van der Waals surface area contributed by atoms with Crippen molar-refractivity contribution in [3.8, 4) is 5.75 Å². The number of methoxy groups -OCH3 is 1. The van der Waals surface area contributed by atoms with Crippen LogP contribution in [0, 0.1) is 0 Å². The number of allylic oxidation sites excluding steroid dienone is 1. The Bertz CT molecular complexity index is 788. The average Bonchev–Trinajstić information content (AvgIpc) is 2.68. The maximum atomic E-state index is 6.28. The molecule has 2 aromatic carbocycles. The first kappa shape index (κ1) is 21.2. The van der Waals surface area contributed by atoms with Crippen molar-refractivity contribution in [2.24, 2.45) is 0 Å². The molecule has 0 amide bonds. The second kappa shape index (κ2) is 9.70. The molecular formula is C23H31ClN2O. The molecule has 0 aliphatic carbocycles. The monoisotopic (exact) mass is 386 g/mol. The zero-order valence-corrected chi connectivity index (χ0v) is 17.8. The lowest BCUT2D eigenvalue weighted by atomic mass is 9.76. The van der Waals surface area contributed by atoms with E-state index in [1.54, 1.807) is 7.11 Å². The lowest BCUT2D eigenvalue weighted by molar-refractivity contribution is 0.414. The maximum Gasteiger partial charge on any atom is 0.128 e. The number of anilines is 2. The minimum atomic E-state index is -0.00329. The molecule has 0 aromatic heterocycles. The average molecular weight is 387 g/mol. The van der Waals surface area contributed by atoms with Crippen molar-refractivity contribution in [3.63, 3.8) is 0 Å². The van der Waals surface area contributed by atoms with Crippen molar-refractivity contribution in [3.05, 3.63) is 58.6 Å². The van der Waals surface area contributed by atoms with Gasteiger partial charge in [0.05, 0.1) is 7.11 Å². The Kier molecular flexibility index (Phi) is 7.61. The molecule has 2 rings (SSSR count). The van der Waals surface area contributed by atoms with Crippen molar-refractivity contribution >= 4 is 29.1 Å². The Morgan fingerprint density at radius 2 is 1.93 bits per heavy atom. The van der Waals surface area contributed by atoms with Gasteiger partial charge in [-0.1, -0.05) is 37.6 Å². The fourth-order valence-electron chi connectivity index (χ4n) is 3.29. The largest absolute Gasteiger partial charge is 0.496 e. The van der Waals surface area contributed by atoms with E-state index >= 15 is 0 Å². The van der Waals surface area contributed by atoms with E-state index in [4.69, 9.17) is 16.3 Å². The van der Waals surface area contributed by atoms with Crippen LogP contribution < -0.4 is 15.4 Å². The van der Waals surface area contributed by atoms with Crippen molar-refractivity contribution in [2.75, 3.05) is 31.3 Å². The van der Waals surface area contributed by atoms with Crippen LogP contribution in [0.1, 0.15) is 44.7 Å². The topological polar surface area (TPSA) is 33.3 Å². The smallest absolute Gasteiger partial charge is 0.128 e. The SMILES string of the molecule is CCNc1ccc(/C=C/CC(C)(CC)c2cc(Cl)ccc2NC)c(OC)c1. The van der Waals surface area contributed by atoms with E-state index in [-0.39, 0.29) is 5.41 Å². The molecule has 0 aliphatic rings. The summed E-state index contributed by atoms with van der Waals surface area (Å²) in [6.07, 6.45) is 6.31. The molecule has 0 saturated heterocycles. The predicted molar refractivity (Wildman–Crippen MR) is 119 cm³/mol. The first-order valence-electron chi connectivity index (χ1n) is 9.53. The van der Waals surface area contributed by atoms with E-state index in [1.807, 2.05) is 19.2 Å². The summed E-state index contributed by atoms with van der Waals surface area (Å²) in [6, 6.07) is 12.3. The Morgan fingerprint density at radius 3 is 2.56 bits per heavy atom. The first-order chi connectivity index (χ1) is 13.0. The standard InChI is InChI=1S/C23H31ClN2O/c1-6-23(3,20-15-18(24)11-13-21(20)25-4)14-8-9-17-10-12-19(26-7-2)16-22(17)27-5/h8-13,15-16,25-26H,6-7,14H2,1-5H3/b9-8+. The maximum absolute atomic E-state index is 6.28. The Morgan fingerprint density at radius 1 is 1.15 bits per heavy atom. The number of halogens is 1. The zero-order chi connectivity index (χ0) is 19.9. The summed E-state index contributed by atoms with van der Waals surface area (Å²) in [4.78, 5) is 0. The highest BCUT2D eigenvalue weighted by Crippen LogP contribution is 2.38. The summed E-state index contributed by atoms with van der Waals surface area (Å²) in [5, 5.41) is 7.38. The number of nitrogens with one attached hydrogen (secondary N) is 2. The van der Waals surface area contributed by atoms with E-state index in [1.165, 1.54) is 5.56 Å². The quantitative estimate of drug-likeness (QED) is 0.509. The van der Waals surface area contributed by atoms with E-state index in [0.717, 1.165) is 47.1 Å². The van der Waals surface area contributed by atoms with Gasteiger partial charge < -0.3 is 15.4 Å².